The van der Waals surface area contributed by atoms with Crippen LogP contribution in [0.1, 0.15) is 16.0 Å². The number of amides is 1. The smallest absolute Gasteiger partial charge is 0.238 e. The van der Waals surface area contributed by atoms with Gasteiger partial charge in [-0.2, -0.15) is 0 Å². The minimum absolute atomic E-state index is 0.0338. The van der Waals surface area contributed by atoms with Crippen LogP contribution < -0.4 is 10.6 Å². The molecule has 1 aromatic carbocycles. The first-order valence-corrected chi connectivity index (χ1v) is 9.01. The monoisotopic (exact) mass is 351 g/mol. The van der Waals surface area contributed by atoms with Crippen molar-refractivity contribution in [2.24, 2.45) is 0 Å². The van der Waals surface area contributed by atoms with Gasteiger partial charge in [0, 0.05) is 23.3 Å². The Bertz CT molecular complexity index is 858. The number of benzene rings is 1. The zero-order valence-electron chi connectivity index (χ0n) is 14.4. The number of aryl methyl sites for hydroxylation is 2. The van der Waals surface area contributed by atoms with E-state index in [4.69, 9.17) is 0 Å². The molecule has 0 bridgehead atoms. The third-order valence-electron chi connectivity index (χ3n) is 3.82. The number of aromatic nitrogens is 1. The molecule has 128 valence electrons. The highest BCUT2D eigenvalue weighted by molar-refractivity contribution is 7.15. The molecular weight excluding hydrogens is 330 g/mol. The van der Waals surface area contributed by atoms with E-state index in [2.05, 4.69) is 33.8 Å². The fourth-order valence-corrected chi connectivity index (χ4v) is 3.52. The summed E-state index contributed by atoms with van der Waals surface area (Å²) in [5.41, 5.74) is 4.11. The van der Waals surface area contributed by atoms with Crippen LogP contribution in [0.15, 0.2) is 54.7 Å². The normalized spacial score (nSPS) is 10.6. The lowest BCUT2D eigenvalue weighted by molar-refractivity contribution is -0.115. The van der Waals surface area contributed by atoms with E-state index in [1.165, 1.54) is 10.4 Å². The quantitative estimate of drug-likeness (QED) is 0.701. The second kappa shape index (κ2) is 8.05. The third kappa shape index (κ3) is 4.75. The molecule has 2 aromatic heterocycles. The maximum atomic E-state index is 12.1. The molecule has 25 heavy (non-hydrogen) atoms. The zero-order chi connectivity index (χ0) is 17.6. The molecular formula is C20H21N3OS. The van der Waals surface area contributed by atoms with Crippen molar-refractivity contribution in [3.63, 3.8) is 0 Å². The average molecular weight is 351 g/mol. The van der Waals surface area contributed by atoms with Gasteiger partial charge in [0.15, 0.2) is 0 Å². The first-order chi connectivity index (χ1) is 12.1. The number of hydrogen-bond donors (Lipinski definition) is 2. The van der Waals surface area contributed by atoms with Gasteiger partial charge in [-0.05, 0) is 49.7 Å². The second-order valence-electron chi connectivity index (χ2n) is 5.95. The van der Waals surface area contributed by atoms with Gasteiger partial charge in [0.05, 0.1) is 17.1 Å². The van der Waals surface area contributed by atoms with Crippen LogP contribution in [0.3, 0.4) is 0 Å². The number of nitrogens with one attached hydrogen (secondary N) is 2. The van der Waals surface area contributed by atoms with Crippen molar-refractivity contribution < 1.29 is 4.79 Å². The van der Waals surface area contributed by atoms with Gasteiger partial charge in [0.2, 0.25) is 5.91 Å². The Balaban J connectivity index is 1.49. The molecule has 0 saturated heterocycles. The van der Waals surface area contributed by atoms with Gasteiger partial charge in [-0.15, -0.1) is 11.3 Å². The average Bonchev–Trinajstić information content (AvgIpc) is 3.07. The number of anilines is 1. The summed E-state index contributed by atoms with van der Waals surface area (Å²) in [6.07, 6.45) is 1.80. The summed E-state index contributed by atoms with van der Waals surface area (Å²) >= 11 is 1.69. The molecule has 2 N–H and O–H groups in total. The van der Waals surface area contributed by atoms with E-state index in [9.17, 15) is 4.79 Å². The van der Waals surface area contributed by atoms with Crippen LogP contribution in [0, 0.1) is 13.8 Å². The van der Waals surface area contributed by atoms with Crippen LogP contribution in [-0.2, 0) is 11.3 Å². The molecule has 0 fully saturated rings. The lowest BCUT2D eigenvalue weighted by Crippen LogP contribution is -2.27. The zero-order valence-corrected chi connectivity index (χ0v) is 15.2. The Kier molecular flexibility index (Phi) is 5.58. The predicted octanol–water partition coefficient (Wildman–Crippen LogP) is 4.16. The van der Waals surface area contributed by atoms with Crippen molar-refractivity contribution in [2.75, 3.05) is 11.9 Å². The molecule has 0 radical (unpaired) electrons. The van der Waals surface area contributed by atoms with Crippen molar-refractivity contribution in [3.05, 3.63) is 70.7 Å². The summed E-state index contributed by atoms with van der Waals surface area (Å²) in [6.45, 7) is 4.99. The summed E-state index contributed by atoms with van der Waals surface area (Å²) in [5, 5.41) is 6.14. The molecule has 3 rings (SSSR count). The highest BCUT2D eigenvalue weighted by Crippen LogP contribution is 2.26. The number of pyridine rings is 1. The molecule has 5 heteroatoms. The number of nitrogens with zero attached hydrogens (tertiary/aromatic N) is 1. The highest BCUT2D eigenvalue weighted by Gasteiger charge is 2.06. The number of carbonyl (C=O) groups excluding carboxylic acids is 1. The van der Waals surface area contributed by atoms with Crippen molar-refractivity contribution in [1.82, 2.24) is 10.3 Å². The van der Waals surface area contributed by atoms with Crippen LogP contribution in [0.4, 0.5) is 5.69 Å². The number of rotatable bonds is 6. The van der Waals surface area contributed by atoms with Crippen molar-refractivity contribution in [3.8, 4) is 10.6 Å². The van der Waals surface area contributed by atoms with Gasteiger partial charge in [0.1, 0.15) is 0 Å². The molecule has 0 spiro atoms. The predicted molar refractivity (Wildman–Crippen MR) is 104 cm³/mol. The van der Waals surface area contributed by atoms with Crippen LogP contribution in [0.25, 0.3) is 10.6 Å². The largest absolute Gasteiger partial charge is 0.325 e. The Hall–Kier alpha value is -2.50. The fraction of sp³-hybridized carbons (Fsp3) is 0.200. The van der Waals surface area contributed by atoms with Crippen molar-refractivity contribution in [1.29, 1.82) is 0 Å². The fourth-order valence-electron chi connectivity index (χ4n) is 2.57. The van der Waals surface area contributed by atoms with E-state index < -0.39 is 0 Å². The van der Waals surface area contributed by atoms with E-state index in [0.29, 0.717) is 6.54 Å². The maximum Gasteiger partial charge on any atom is 0.238 e. The van der Waals surface area contributed by atoms with E-state index in [1.807, 2.05) is 44.2 Å². The lowest BCUT2D eigenvalue weighted by Gasteiger charge is -2.09. The van der Waals surface area contributed by atoms with Crippen LogP contribution in [0.5, 0.6) is 0 Å². The van der Waals surface area contributed by atoms with E-state index in [0.717, 1.165) is 21.8 Å². The van der Waals surface area contributed by atoms with E-state index in [1.54, 1.807) is 17.5 Å². The van der Waals surface area contributed by atoms with E-state index >= 15 is 0 Å². The molecule has 0 unspecified atom stereocenters. The van der Waals surface area contributed by atoms with E-state index in [-0.39, 0.29) is 12.5 Å². The molecule has 3 aromatic rings. The van der Waals surface area contributed by atoms with Crippen molar-refractivity contribution >= 4 is 22.9 Å². The molecule has 0 aliphatic rings. The molecule has 0 atom stereocenters. The summed E-state index contributed by atoms with van der Waals surface area (Å²) in [6, 6.07) is 16.0. The molecule has 0 aliphatic carbocycles. The van der Waals surface area contributed by atoms with Gasteiger partial charge in [-0.1, -0.05) is 23.8 Å². The Morgan fingerprint density at radius 2 is 2.00 bits per heavy atom. The Morgan fingerprint density at radius 1 is 1.12 bits per heavy atom. The number of thiophene rings is 1. The van der Waals surface area contributed by atoms with Crippen molar-refractivity contribution in [2.45, 2.75) is 20.4 Å². The first kappa shape index (κ1) is 17.3. The van der Waals surface area contributed by atoms with Gasteiger partial charge >= 0.3 is 0 Å². The van der Waals surface area contributed by atoms with Gasteiger partial charge < -0.3 is 10.6 Å². The number of hydrogen-bond acceptors (Lipinski definition) is 4. The molecule has 4 nitrogen and oxygen atoms in total. The summed E-state index contributed by atoms with van der Waals surface area (Å²) in [7, 11) is 0. The Labute approximate surface area is 151 Å². The number of carbonyl (C=O) groups is 1. The molecule has 1 amide bonds. The minimum Gasteiger partial charge on any atom is -0.325 e. The minimum atomic E-state index is -0.0338. The topological polar surface area (TPSA) is 54.0 Å². The summed E-state index contributed by atoms with van der Waals surface area (Å²) in [4.78, 5) is 18.8. The third-order valence-corrected chi connectivity index (χ3v) is 4.93. The molecule has 0 aliphatic heterocycles. The van der Waals surface area contributed by atoms with Gasteiger partial charge in [0.25, 0.3) is 0 Å². The lowest BCUT2D eigenvalue weighted by atomic mass is 10.1. The van der Waals surface area contributed by atoms with Gasteiger partial charge in [-0.25, -0.2) is 0 Å². The molecule has 2 heterocycles. The van der Waals surface area contributed by atoms with Crippen LogP contribution >= 0.6 is 11.3 Å². The summed E-state index contributed by atoms with van der Waals surface area (Å²) < 4.78 is 0. The Morgan fingerprint density at radius 3 is 2.76 bits per heavy atom. The first-order valence-electron chi connectivity index (χ1n) is 8.20. The SMILES string of the molecule is Cc1ccc(NC(=O)CNCc2ccc(-c3ccccn3)s2)c(C)c1. The van der Waals surface area contributed by atoms with Crippen LogP contribution in [0.2, 0.25) is 0 Å². The molecule has 0 saturated carbocycles. The highest BCUT2D eigenvalue weighted by atomic mass is 32.1. The summed E-state index contributed by atoms with van der Waals surface area (Å²) in [5.74, 6) is -0.0338. The second-order valence-corrected chi connectivity index (χ2v) is 7.12. The van der Waals surface area contributed by atoms with Crippen LogP contribution in [-0.4, -0.2) is 17.4 Å². The van der Waals surface area contributed by atoms with Gasteiger partial charge in [-0.3, -0.25) is 9.78 Å². The maximum absolute atomic E-state index is 12.1. The standard InChI is InChI=1S/C20H21N3OS/c1-14-6-8-17(15(2)11-14)23-20(24)13-21-12-16-7-9-19(25-16)18-5-3-4-10-22-18/h3-11,21H,12-13H2,1-2H3,(H,23,24).